The Balaban J connectivity index is 1.40. The predicted octanol–water partition coefficient (Wildman–Crippen LogP) is 5.21. The predicted molar refractivity (Wildman–Crippen MR) is 126 cm³/mol. The van der Waals surface area contributed by atoms with Gasteiger partial charge in [0.25, 0.3) is 0 Å². The normalized spacial score (nSPS) is 15.4. The zero-order chi connectivity index (χ0) is 23.4. The number of para-hydroxylation sites is 1. The molecular weight excluding hydrogens is 468 g/mol. The largest absolute Gasteiger partial charge is 0.487 e. The molecule has 0 bridgehead atoms. The second-order valence-electron chi connectivity index (χ2n) is 7.48. The summed E-state index contributed by atoms with van der Waals surface area (Å²) in [6.45, 7) is 0.167. The average molecular weight is 488 g/mol. The third kappa shape index (κ3) is 5.38. The topological polar surface area (TPSA) is 70.7 Å². The average Bonchev–Trinajstić information content (AvgIpc) is 3.20. The molecule has 1 atom stereocenters. The number of carbonyl (C=O) groups excluding carboxylic acids is 2. The van der Waals surface area contributed by atoms with Gasteiger partial charge >= 0.3 is 0 Å². The van der Waals surface area contributed by atoms with Gasteiger partial charge in [-0.25, -0.2) is 4.39 Å². The number of hydrogen-bond acceptors (Lipinski definition) is 4. The molecule has 2 N–H and O–H groups in total. The van der Waals surface area contributed by atoms with Gasteiger partial charge in [-0.2, -0.15) is 0 Å². The van der Waals surface area contributed by atoms with Crippen LogP contribution in [-0.2, 0) is 16.2 Å². The molecule has 0 unspecified atom stereocenters. The van der Waals surface area contributed by atoms with Crippen molar-refractivity contribution in [2.24, 2.45) is 5.92 Å². The van der Waals surface area contributed by atoms with E-state index in [0.29, 0.717) is 16.5 Å². The van der Waals surface area contributed by atoms with Gasteiger partial charge in [-0.1, -0.05) is 47.5 Å². The smallest absolute Gasteiger partial charge is 0.243 e. The van der Waals surface area contributed by atoms with Crippen LogP contribution in [-0.4, -0.2) is 18.4 Å². The van der Waals surface area contributed by atoms with Crippen LogP contribution in [0.4, 0.5) is 15.8 Å². The highest BCUT2D eigenvalue weighted by molar-refractivity contribution is 6.31. The Morgan fingerprint density at radius 2 is 1.88 bits per heavy atom. The maximum absolute atomic E-state index is 14.0. The molecular formula is C24H20Cl2FN3O3. The Morgan fingerprint density at radius 3 is 2.64 bits per heavy atom. The summed E-state index contributed by atoms with van der Waals surface area (Å²) in [6.07, 6.45) is 0.104. The van der Waals surface area contributed by atoms with E-state index < -0.39 is 11.7 Å². The number of anilines is 2. The van der Waals surface area contributed by atoms with E-state index in [2.05, 4.69) is 10.9 Å². The number of benzene rings is 3. The Morgan fingerprint density at radius 1 is 1.09 bits per heavy atom. The van der Waals surface area contributed by atoms with E-state index in [0.717, 1.165) is 5.69 Å². The lowest BCUT2D eigenvalue weighted by molar-refractivity contribution is -0.125. The van der Waals surface area contributed by atoms with Gasteiger partial charge in [0.05, 0.1) is 16.6 Å². The second kappa shape index (κ2) is 10.1. The number of ether oxygens (including phenoxy) is 1. The fourth-order valence-electron chi connectivity index (χ4n) is 3.52. The number of hydrazine groups is 1. The first-order valence-corrected chi connectivity index (χ1v) is 10.9. The molecule has 1 fully saturated rings. The SMILES string of the molecule is O=C(NNc1cc(Cl)ccc1OCc1c(F)cccc1Cl)[C@@H]1CC(=O)N(c2ccccc2)C1. The Bertz CT molecular complexity index is 1160. The fraction of sp³-hybridized carbons (Fsp3) is 0.167. The summed E-state index contributed by atoms with van der Waals surface area (Å²) in [5.41, 5.74) is 6.77. The molecule has 0 radical (unpaired) electrons. The Hall–Kier alpha value is -3.29. The highest BCUT2D eigenvalue weighted by atomic mass is 35.5. The quantitative estimate of drug-likeness (QED) is 0.449. The van der Waals surface area contributed by atoms with Gasteiger partial charge in [-0.05, 0) is 42.5 Å². The molecule has 1 aliphatic heterocycles. The number of amides is 2. The van der Waals surface area contributed by atoms with Gasteiger partial charge in [0, 0.05) is 29.2 Å². The van der Waals surface area contributed by atoms with Gasteiger partial charge in [0.15, 0.2) is 0 Å². The van der Waals surface area contributed by atoms with Gasteiger partial charge < -0.3 is 9.64 Å². The van der Waals surface area contributed by atoms with Crippen LogP contribution in [0.5, 0.6) is 5.75 Å². The zero-order valence-electron chi connectivity index (χ0n) is 17.4. The van der Waals surface area contributed by atoms with Gasteiger partial charge in [0.1, 0.15) is 18.2 Å². The van der Waals surface area contributed by atoms with Crippen molar-refractivity contribution in [2.75, 3.05) is 16.9 Å². The van der Waals surface area contributed by atoms with Crippen LogP contribution in [0.3, 0.4) is 0 Å². The number of carbonyl (C=O) groups is 2. The van der Waals surface area contributed by atoms with Crippen LogP contribution in [0.15, 0.2) is 66.7 Å². The molecule has 1 saturated heterocycles. The van der Waals surface area contributed by atoms with Crippen LogP contribution in [0.2, 0.25) is 10.0 Å². The number of hydrogen-bond donors (Lipinski definition) is 2. The van der Waals surface area contributed by atoms with Gasteiger partial charge in [0.2, 0.25) is 11.8 Å². The standard InChI is InChI=1S/C24H20Cl2FN3O3/c25-16-9-10-22(33-14-18-19(26)7-4-8-20(18)27)21(12-16)28-29-24(32)15-11-23(31)30(13-15)17-5-2-1-3-6-17/h1-10,12,15,28H,11,13-14H2,(H,29,32)/t15-/m1/s1. The van der Waals surface area contributed by atoms with E-state index >= 15 is 0 Å². The molecule has 9 heteroatoms. The first-order valence-electron chi connectivity index (χ1n) is 10.2. The summed E-state index contributed by atoms with van der Waals surface area (Å²) in [4.78, 5) is 26.7. The lowest BCUT2D eigenvalue weighted by atomic mass is 10.1. The van der Waals surface area contributed by atoms with Crippen molar-refractivity contribution in [1.82, 2.24) is 5.43 Å². The number of rotatable bonds is 7. The van der Waals surface area contributed by atoms with Crippen molar-refractivity contribution >= 4 is 46.4 Å². The number of nitrogens with zero attached hydrogens (tertiary/aromatic N) is 1. The lowest BCUT2D eigenvalue weighted by Crippen LogP contribution is -2.36. The molecule has 3 aromatic rings. The van der Waals surface area contributed by atoms with E-state index in [4.69, 9.17) is 27.9 Å². The first-order chi connectivity index (χ1) is 15.9. The third-order valence-corrected chi connectivity index (χ3v) is 5.85. The third-order valence-electron chi connectivity index (χ3n) is 5.26. The summed E-state index contributed by atoms with van der Waals surface area (Å²) in [7, 11) is 0. The zero-order valence-corrected chi connectivity index (χ0v) is 18.9. The van der Waals surface area contributed by atoms with E-state index in [1.807, 2.05) is 30.3 Å². The number of halogens is 3. The number of nitrogens with one attached hydrogen (secondary N) is 2. The highest BCUT2D eigenvalue weighted by Crippen LogP contribution is 2.30. The molecule has 0 spiro atoms. The minimum atomic E-state index is -0.522. The summed E-state index contributed by atoms with van der Waals surface area (Å²) in [5, 5.41) is 0.662. The molecule has 2 amide bonds. The van der Waals surface area contributed by atoms with Crippen LogP contribution in [0.25, 0.3) is 0 Å². The minimum absolute atomic E-state index is 0.104. The van der Waals surface area contributed by atoms with Crippen molar-refractivity contribution in [3.63, 3.8) is 0 Å². The van der Waals surface area contributed by atoms with Gasteiger partial charge in [-0.15, -0.1) is 0 Å². The molecule has 0 aliphatic carbocycles. The van der Waals surface area contributed by atoms with Gasteiger partial charge in [-0.3, -0.25) is 20.4 Å². The van der Waals surface area contributed by atoms with Crippen LogP contribution in [0.1, 0.15) is 12.0 Å². The minimum Gasteiger partial charge on any atom is -0.487 e. The van der Waals surface area contributed by atoms with Crippen LogP contribution >= 0.6 is 23.2 Å². The molecule has 1 heterocycles. The maximum Gasteiger partial charge on any atom is 0.243 e. The molecule has 6 nitrogen and oxygen atoms in total. The Labute approximate surface area is 200 Å². The fourth-order valence-corrected chi connectivity index (χ4v) is 3.91. The highest BCUT2D eigenvalue weighted by Gasteiger charge is 2.35. The van der Waals surface area contributed by atoms with E-state index in [9.17, 15) is 14.0 Å². The van der Waals surface area contributed by atoms with Crippen molar-refractivity contribution in [2.45, 2.75) is 13.0 Å². The monoisotopic (exact) mass is 487 g/mol. The molecule has 170 valence electrons. The molecule has 4 rings (SSSR count). The molecule has 0 saturated carbocycles. The van der Waals surface area contributed by atoms with Crippen LogP contribution in [0, 0.1) is 11.7 Å². The second-order valence-corrected chi connectivity index (χ2v) is 8.33. The van der Waals surface area contributed by atoms with E-state index in [1.165, 1.54) is 12.1 Å². The summed E-state index contributed by atoms with van der Waals surface area (Å²) in [5.74, 6) is -1.12. The molecule has 1 aliphatic rings. The Kier molecular flexibility index (Phi) is 7.01. The molecule has 33 heavy (non-hydrogen) atoms. The summed E-state index contributed by atoms with van der Waals surface area (Å²) < 4.78 is 19.8. The van der Waals surface area contributed by atoms with Crippen molar-refractivity contribution in [3.8, 4) is 5.75 Å². The van der Waals surface area contributed by atoms with E-state index in [-0.39, 0.29) is 42.0 Å². The lowest BCUT2D eigenvalue weighted by Gasteiger charge is -2.18. The van der Waals surface area contributed by atoms with Crippen molar-refractivity contribution in [3.05, 3.63) is 88.2 Å². The summed E-state index contributed by atoms with van der Waals surface area (Å²) in [6, 6.07) is 18.4. The van der Waals surface area contributed by atoms with Crippen molar-refractivity contribution in [1.29, 1.82) is 0 Å². The van der Waals surface area contributed by atoms with Crippen molar-refractivity contribution < 1.29 is 18.7 Å². The summed E-state index contributed by atoms with van der Waals surface area (Å²) >= 11 is 12.2. The first kappa shape index (κ1) is 22.9. The maximum atomic E-state index is 14.0. The molecule has 3 aromatic carbocycles. The molecule has 0 aromatic heterocycles. The van der Waals surface area contributed by atoms with Crippen LogP contribution < -0.4 is 20.5 Å². The van der Waals surface area contributed by atoms with E-state index in [1.54, 1.807) is 29.2 Å².